The molecular weight excluding hydrogens is 335 g/mol. The Bertz CT molecular complexity index is 819. The number of hydrogen-bond acceptors (Lipinski definition) is 3. The van der Waals surface area contributed by atoms with E-state index < -0.39 is 23.2 Å². The number of anilines is 1. The summed E-state index contributed by atoms with van der Waals surface area (Å²) >= 11 is 0. The highest BCUT2D eigenvalue weighted by Gasteiger charge is 2.30. The SMILES string of the molecule is CC(C)(C)c1ccc(=O)n(CC(=O)Nc2ccc(C(F)(F)F)cc2)n1. The standard InChI is InChI=1S/C17H18F3N3O2/c1-16(2,3)13-8-9-15(25)23(22-13)10-14(24)21-12-6-4-11(5-7-12)17(18,19)20/h4-9H,10H2,1-3H3,(H,21,24). The molecule has 0 saturated carbocycles. The molecule has 0 bridgehead atoms. The largest absolute Gasteiger partial charge is 0.416 e. The predicted octanol–water partition coefficient (Wildman–Crippen LogP) is 3.20. The summed E-state index contributed by atoms with van der Waals surface area (Å²) in [5.74, 6) is -0.555. The van der Waals surface area contributed by atoms with Gasteiger partial charge in [-0.1, -0.05) is 20.8 Å². The molecule has 0 aliphatic rings. The van der Waals surface area contributed by atoms with E-state index in [-0.39, 0.29) is 17.6 Å². The molecule has 1 aromatic carbocycles. The van der Waals surface area contributed by atoms with Gasteiger partial charge in [-0.3, -0.25) is 9.59 Å². The number of nitrogens with one attached hydrogen (secondary N) is 1. The minimum atomic E-state index is -4.44. The minimum absolute atomic E-state index is 0.207. The van der Waals surface area contributed by atoms with Crippen molar-refractivity contribution in [2.45, 2.75) is 38.9 Å². The lowest BCUT2D eigenvalue weighted by molar-refractivity contribution is -0.137. The number of nitrogens with zero attached hydrogens (tertiary/aromatic N) is 2. The van der Waals surface area contributed by atoms with E-state index in [9.17, 15) is 22.8 Å². The van der Waals surface area contributed by atoms with Crippen molar-refractivity contribution in [1.82, 2.24) is 9.78 Å². The maximum absolute atomic E-state index is 12.5. The van der Waals surface area contributed by atoms with Crippen molar-refractivity contribution in [3.8, 4) is 0 Å². The zero-order valence-electron chi connectivity index (χ0n) is 14.0. The Balaban J connectivity index is 2.12. The van der Waals surface area contributed by atoms with Gasteiger partial charge < -0.3 is 5.32 Å². The molecule has 0 radical (unpaired) electrons. The molecule has 1 amide bonds. The van der Waals surface area contributed by atoms with E-state index in [1.165, 1.54) is 6.07 Å². The molecule has 0 aliphatic carbocycles. The number of rotatable bonds is 3. The summed E-state index contributed by atoms with van der Waals surface area (Å²) in [7, 11) is 0. The monoisotopic (exact) mass is 353 g/mol. The summed E-state index contributed by atoms with van der Waals surface area (Å²) in [6.07, 6.45) is -4.44. The maximum atomic E-state index is 12.5. The van der Waals surface area contributed by atoms with Crippen molar-refractivity contribution in [2.24, 2.45) is 0 Å². The summed E-state index contributed by atoms with van der Waals surface area (Å²) < 4.78 is 38.6. The fourth-order valence-electron chi connectivity index (χ4n) is 2.04. The molecular formula is C17H18F3N3O2. The van der Waals surface area contributed by atoms with Gasteiger partial charge in [0.2, 0.25) is 5.91 Å². The molecule has 1 N–H and O–H groups in total. The van der Waals surface area contributed by atoms with Crippen LogP contribution < -0.4 is 10.9 Å². The van der Waals surface area contributed by atoms with Gasteiger partial charge in [-0.25, -0.2) is 4.68 Å². The Kier molecular flexibility index (Phi) is 5.01. The van der Waals surface area contributed by atoms with Gasteiger partial charge >= 0.3 is 6.18 Å². The molecule has 0 fully saturated rings. The highest BCUT2D eigenvalue weighted by molar-refractivity contribution is 5.90. The number of carbonyl (C=O) groups excluding carboxylic acids is 1. The van der Waals surface area contributed by atoms with Crippen molar-refractivity contribution in [1.29, 1.82) is 0 Å². The van der Waals surface area contributed by atoms with Gasteiger partial charge in [-0.2, -0.15) is 18.3 Å². The van der Waals surface area contributed by atoms with Crippen molar-refractivity contribution in [2.75, 3.05) is 5.32 Å². The number of alkyl halides is 3. The molecule has 0 saturated heterocycles. The summed E-state index contributed by atoms with van der Waals surface area (Å²) in [6.45, 7) is 5.44. The van der Waals surface area contributed by atoms with Gasteiger partial charge in [0.15, 0.2) is 0 Å². The number of benzene rings is 1. The first-order valence-corrected chi connectivity index (χ1v) is 7.52. The third-order valence-corrected chi connectivity index (χ3v) is 3.42. The second-order valence-corrected chi connectivity index (χ2v) is 6.59. The molecule has 1 aromatic heterocycles. The van der Waals surface area contributed by atoms with Gasteiger partial charge in [0.1, 0.15) is 6.54 Å². The quantitative estimate of drug-likeness (QED) is 0.922. The van der Waals surface area contributed by atoms with E-state index in [4.69, 9.17) is 0 Å². The number of aromatic nitrogens is 2. The smallest absolute Gasteiger partial charge is 0.324 e. The molecule has 25 heavy (non-hydrogen) atoms. The van der Waals surface area contributed by atoms with E-state index in [1.807, 2.05) is 20.8 Å². The topological polar surface area (TPSA) is 64.0 Å². The van der Waals surface area contributed by atoms with E-state index in [0.29, 0.717) is 5.69 Å². The Morgan fingerprint density at radius 3 is 2.20 bits per heavy atom. The molecule has 2 aromatic rings. The van der Waals surface area contributed by atoms with Crippen LogP contribution in [0.1, 0.15) is 32.0 Å². The van der Waals surface area contributed by atoms with Crippen LogP contribution in [0.2, 0.25) is 0 Å². The van der Waals surface area contributed by atoms with Crippen molar-refractivity contribution in [3.63, 3.8) is 0 Å². The number of hydrogen-bond donors (Lipinski definition) is 1. The van der Waals surface area contributed by atoms with Crippen LogP contribution in [0, 0.1) is 0 Å². The average molecular weight is 353 g/mol. The third kappa shape index (κ3) is 4.91. The number of amides is 1. The zero-order chi connectivity index (χ0) is 18.8. The van der Waals surface area contributed by atoms with Crippen LogP contribution in [0.4, 0.5) is 18.9 Å². The third-order valence-electron chi connectivity index (χ3n) is 3.42. The second-order valence-electron chi connectivity index (χ2n) is 6.59. The Morgan fingerprint density at radius 1 is 1.08 bits per heavy atom. The van der Waals surface area contributed by atoms with Gasteiger partial charge in [0.05, 0.1) is 11.3 Å². The summed E-state index contributed by atoms with van der Waals surface area (Å²) in [6, 6.07) is 7.00. The fraction of sp³-hybridized carbons (Fsp3) is 0.353. The normalized spacial score (nSPS) is 12.1. The second kappa shape index (κ2) is 6.70. The summed E-state index contributed by atoms with van der Waals surface area (Å²) in [5, 5.41) is 6.61. The van der Waals surface area contributed by atoms with Gasteiger partial charge in [0.25, 0.3) is 5.56 Å². The Hall–Kier alpha value is -2.64. The van der Waals surface area contributed by atoms with Crippen molar-refractivity contribution in [3.05, 3.63) is 58.0 Å². The van der Waals surface area contributed by atoms with Crippen LogP contribution in [-0.2, 0) is 22.9 Å². The van der Waals surface area contributed by atoms with Gasteiger partial charge in [-0.15, -0.1) is 0 Å². The molecule has 0 spiro atoms. The molecule has 0 unspecified atom stereocenters. The lowest BCUT2D eigenvalue weighted by Crippen LogP contribution is -2.31. The van der Waals surface area contributed by atoms with Crippen LogP contribution in [0.3, 0.4) is 0 Å². The molecule has 0 aliphatic heterocycles. The van der Waals surface area contributed by atoms with E-state index >= 15 is 0 Å². The average Bonchev–Trinajstić information content (AvgIpc) is 2.48. The first-order valence-electron chi connectivity index (χ1n) is 7.52. The zero-order valence-corrected chi connectivity index (χ0v) is 14.0. The van der Waals surface area contributed by atoms with Gasteiger partial charge in [-0.05, 0) is 30.3 Å². The highest BCUT2D eigenvalue weighted by atomic mass is 19.4. The minimum Gasteiger partial charge on any atom is -0.324 e. The van der Waals surface area contributed by atoms with Crippen LogP contribution in [0.25, 0.3) is 0 Å². The molecule has 8 heteroatoms. The first kappa shape index (κ1) is 18.7. The van der Waals surface area contributed by atoms with Crippen LogP contribution in [0.15, 0.2) is 41.2 Å². The van der Waals surface area contributed by atoms with Crippen molar-refractivity contribution < 1.29 is 18.0 Å². The molecule has 2 rings (SSSR count). The van der Waals surface area contributed by atoms with Crippen LogP contribution in [-0.4, -0.2) is 15.7 Å². The van der Waals surface area contributed by atoms with E-state index in [1.54, 1.807) is 6.07 Å². The molecule has 1 heterocycles. The van der Waals surface area contributed by atoms with Crippen LogP contribution >= 0.6 is 0 Å². The number of carbonyl (C=O) groups is 1. The lowest BCUT2D eigenvalue weighted by Gasteiger charge is -2.18. The highest BCUT2D eigenvalue weighted by Crippen LogP contribution is 2.29. The van der Waals surface area contributed by atoms with Crippen molar-refractivity contribution >= 4 is 11.6 Å². The lowest BCUT2D eigenvalue weighted by atomic mass is 9.92. The first-order chi connectivity index (χ1) is 11.5. The van der Waals surface area contributed by atoms with Gasteiger partial charge in [0, 0.05) is 17.2 Å². The van der Waals surface area contributed by atoms with E-state index in [0.717, 1.165) is 28.9 Å². The summed E-state index contributed by atoms with van der Waals surface area (Å²) in [4.78, 5) is 23.9. The molecule has 0 atom stereocenters. The molecule has 5 nitrogen and oxygen atoms in total. The fourth-order valence-corrected chi connectivity index (χ4v) is 2.04. The predicted molar refractivity (Wildman–Crippen MR) is 87.3 cm³/mol. The number of halogens is 3. The summed E-state index contributed by atoms with van der Waals surface area (Å²) in [5.41, 5.74) is -0.677. The van der Waals surface area contributed by atoms with E-state index in [2.05, 4.69) is 10.4 Å². The molecule has 134 valence electrons. The Morgan fingerprint density at radius 2 is 1.68 bits per heavy atom. The Labute approximate surface area is 142 Å². The van der Waals surface area contributed by atoms with Crippen LogP contribution in [0.5, 0.6) is 0 Å². The maximum Gasteiger partial charge on any atom is 0.416 e.